The average molecular weight is 292 g/mol. The lowest BCUT2D eigenvalue weighted by molar-refractivity contribution is 0.376. The van der Waals surface area contributed by atoms with Crippen molar-refractivity contribution in [3.8, 4) is 0 Å². The van der Waals surface area contributed by atoms with Gasteiger partial charge in [-0.05, 0) is 31.6 Å². The predicted molar refractivity (Wildman–Crippen MR) is 85.4 cm³/mol. The predicted octanol–water partition coefficient (Wildman–Crippen LogP) is 3.04. The third-order valence-corrected chi connectivity index (χ3v) is 3.68. The van der Waals surface area contributed by atoms with Crippen LogP contribution in [0, 0.1) is 5.92 Å². The topological polar surface area (TPSA) is 62.5 Å². The molecule has 0 saturated heterocycles. The van der Waals surface area contributed by atoms with Crippen molar-refractivity contribution in [1.82, 2.24) is 15.8 Å². The molecular weight excluding hydrogens is 264 g/mol. The van der Waals surface area contributed by atoms with Crippen molar-refractivity contribution in [2.45, 2.75) is 58.9 Å². The number of nitrogens with zero attached hydrogens (tertiary/aromatic N) is 2. The summed E-state index contributed by atoms with van der Waals surface area (Å²) in [7, 11) is 0. The van der Waals surface area contributed by atoms with E-state index in [1.165, 1.54) is 25.7 Å². The molecule has 1 heterocycles. The fourth-order valence-electron chi connectivity index (χ4n) is 2.18. The number of hydrogen-bond donors (Lipinski definition) is 2. The van der Waals surface area contributed by atoms with E-state index >= 15 is 0 Å². The Hall–Kier alpha value is -1.52. The maximum absolute atomic E-state index is 5.31. The third-order valence-electron chi connectivity index (χ3n) is 3.68. The van der Waals surface area contributed by atoms with Gasteiger partial charge in [-0.2, -0.15) is 0 Å². The van der Waals surface area contributed by atoms with Crippen LogP contribution in [0.5, 0.6) is 0 Å². The van der Waals surface area contributed by atoms with E-state index in [0.717, 1.165) is 36.4 Å². The molecule has 0 amide bonds. The average Bonchev–Trinajstić information content (AvgIpc) is 3.16. The first kappa shape index (κ1) is 15.9. The summed E-state index contributed by atoms with van der Waals surface area (Å²) in [5.74, 6) is 3.06. The van der Waals surface area contributed by atoms with Crippen LogP contribution in [0.4, 0.5) is 0 Å². The van der Waals surface area contributed by atoms with Crippen LogP contribution < -0.4 is 10.6 Å². The lowest BCUT2D eigenvalue weighted by Gasteiger charge is -2.10. The molecule has 0 unspecified atom stereocenters. The second-order valence-corrected chi connectivity index (χ2v) is 6.08. The number of aromatic nitrogens is 1. The van der Waals surface area contributed by atoms with Crippen molar-refractivity contribution in [2.24, 2.45) is 10.9 Å². The van der Waals surface area contributed by atoms with Gasteiger partial charge >= 0.3 is 0 Å². The van der Waals surface area contributed by atoms with Crippen LogP contribution in [0.1, 0.15) is 63.8 Å². The Morgan fingerprint density at radius 3 is 2.86 bits per heavy atom. The minimum absolute atomic E-state index is 0.389. The van der Waals surface area contributed by atoms with E-state index in [9.17, 15) is 0 Å². The van der Waals surface area contributed by atoms with Gasteiger partial charge in [0.25, 0.3) is 0 Å². The minimum atomic E-state index is 0.389. The standard InChI is InChI=1S/C16H28N4O/c1-4-17-16(18-9-5-6-13-7-8-13)19-11-14-10-15(12(2)3)20-21-14/h10,12-13H,4-9,11H2,1-3H3,(H2,17,18,19). The van der Waals surface area contributed by atoms with Crippen LogP contribution in [0.3, 0.4) is 0 Å². The van der Waals surface area contributed by atoms with E-state index in [-0.39, 0.29) is 0 Å². The molecule has 0 atom stereocenters. The normalized spacial score (nSPS) is 15.5. The van der Waals surface area contributed by atoms with Gasteiger partial charge in [0.2, 0.25) is 0 Å². The Morgan fingerprint density at radius 2 is 2.24 bits per heavy atom. The molecule has 5 heteroatoms. The summed E-state index contributed by atoms with van der Waals surface area (Å²) in [4.78, 5) is 4.55. The molecule has 118 valence electrons. The zero-order chi connectivity index (χ0) is 15.1. The highest BCUT2D eigenvalue weighted by molar-refractivity contribution is 5.79. The largest absolute Gasteiger partial charge is 0.359 e. The molecule has 2 rings (SSSR count). The van der Waals surface area contributed by atoms with Crippen molar-refractivity contribution in [2.75, 3.05) is 13.1 Å². The maximum Gasteiger partial charge on any atom is 0.191 e. The quantitative estimate of drug-likeness (QED) is 0.439. The summed E-state index contributed by atoms with van der Waals surface area (Å²) in [6.45, 7) is 8.66. The lowest BCUT2D eigenvalue weighted by atomic mass is 10.1. The van der Waals surface area contributed by atoms with Gasteiger partial charge in [-0.25, -0.2) is 4.99 Å². The lowest BCUT2D eigenvalue weighted by Crippen LogP contribution is -2.37. The SMILES string of the molecule is CCNC(=NCc1cc(C(C)C)no1)NCCCC1CC1. The van der Waals surface area contributed by atoms with Crippen LogP contribution in [0.2, 0.25) is 0 Å². The molecule has 1 aliphatic rings. The van der Waals surface area contributed by atoms with E-state index in [0.29, 0.717) is 12.5 Å². The Balaban J connectivity index is 1.77. The molecular formula is C16H28N4O. The van der Waals surface area contributed by atoms with Crippen LogP contribution in [0.15, 0.2) is 15.6 Å². The van der Waals surface area contributed by atoms with Crippen molar-refractivity contribution in [3.05, 3.63) is 17.5 Å². The van der Waals surface area contributed by atoms with Gasteiger partial charge in [0.05, 0.1) is 5.69 Å². The number of guanidine groups is 1. The molecule has 1 fully saturated rings. The number of aliphatic imine (C=N–C) groups is 1. The second-order valence-electron chi connectivity index (χ2n) is 6.08. The summed E-state index contributed by atoms with van der Waals surface area (Å²) in [6, 6.07) is 1.99. The second kappa shape index (κ2) is 8.05. The zero-order valence-corrected chi connectivity index (χ0v) is 13.5. The first-order valence-corrected chi connectivity index (χ1v) is 8.16. The van der Waals surface area contributed by atoms with E-state index in [1.807, 2.05) is 6.07 Å². The summed E-state index contributed by atoms with van der Waals surface area (Å²) in [6.07, 6.45) is 5.41. The number of hydrogen-bond acceptors (Lipinski definition) is 3. The fourth-order valence-corrected chi connectivity index (χ4v) is 2.18. The Labute approximate surface area is 127 Å². The molecule has 1 aromatic heterocycles. The highest BCUT2D eigenvalue weighted by Crippen LogP contribution is 2.33. The molecule has 1 saturated carbocycles. The van der Waals surface area contributed by atoms with Crippen LogP contribution in [0.25, 0.3) is 0 Å². The first-order valence-electron chi connectivity index (χ1n) is 8.16. The molecule has 1 aliphatic carbocycles. The van der Waals surface area contributed by atoms with Gasteiger partial charge in [0.1, 0.15) is 6.54 Å². The maximum atomic E-state index is 5.31. The van der Waals surface area contributed by atoms with Gasteiger partial charge in [0.15, 0.2) is 11.7 Å². The molecule has 1 aromatic rings. The van der Waals surface area contributed by atoms with Gasteiger partial charge in [-0.3, -0.25) is 0 Å². The highest BCUT2D eigenvalue weighted by atomic mass is 16.5. The molecule has 0 radical (unpaired) electrons. The fraction of sp³-hybridized carbons (Fsp3) is 0.750. The number of rotatable bonds is 8. The summed E-state index contributed by atoms with van der Waals surface area (Å²) >= 11 is 0. The first-order chi connectivity index (χ1) is 10.2. The van der Waals surface area contributed by atoms with Crippen molar-refractivity contribution >= 4 is 5.96 Å². The molecule has 0 aliphatic heterocycles. The van der Waals surface area contributed by atoms with Gasteiger partial charge in [-0.15, -0.1) is 0 Å². The number of nitrogens with one attached hydrogen (secondary N) is 2. The minimum Gasteiger partial charge on any atom is -0.359 e. The van der Waals surface area contributed by atoms with Gasteiger partial charge in [-0.1, -0.05) is 31.8 Å². The monoisotopic (exact) mass is 292 g/mol. The zero-order valence-electron chi connectivity index (χ0n) is 13.5. The van der Waals surface area contributed by atoms with Crippen LogP contribution in [-0.4, -0.2) is 24.2 Å². The third kappa shape index (κ3) is 5.78. The Bertz CT molecular complexity index is 449. The molecule has 21 heavy (non-hydrogen) atoms. The van der Waals surface area contributed by atoms with E-state index in [1.54, 1.807) is 0 Å². The van der Waals surface area contributed by atoms with E-state index in [2.05, 4.69) is 41.6 Å². The highest BCUT2D eigenvalue weighted by Gasteiger charge is 2.19. The molecule has 0 spiro atoms. The molecule has 0 aromatic carbocycles. The van der Waals surface area contributed by atoms with Crippen molar-refractivity contribution in [3.63, 3.8) is 0 Å². The van der Waals surface area contributed by atoms with E-state index in [4.69, 9.17) is 4.52 Å². The molecule has 0 bridgehead atoms. The summed E-state index contributed by atoms with van der Waals surface area (Å²) < 4.78 is 5.31. The van der Waals surface area contributed by atoms with E-state index < -0.39 is 0 Å². The molecule has 2 N–H and O–H groups in total. The van der Waals surface area contributed by atoms with Crippen LogP contribution >= 0.6 is 0 Å². The van der Waals surface area contributed by atoms with Gasteiger partial charge < -0.3 is 15.2 Å². The van der Waals surface area contributed by atoms with Crippen molar-refractivity contribution in [1.29, 1.82) is 0 Å². The van der Waals surface area contributed by atoms with Crippen molar-refractivity contribution < 1.29 is 4.52 Å². The molecule has 5 nitrogen and oxygen atoms in total. The van der Waals surface area contributed by atoms with Gasteiger partial charge in [0, 0.05) is 19.2 Å². The Kier molecular flexibility index (Phi) is 6.08. The Morgan fingerprint density at radius 1 is 1.43 bits per heavy atom. The summed E-state index contributed by atoms with van der Waals surface area (Å²) in [5, 5.41) is 10.7. The summed E-state index contributed by atoms with van der Waals surface area (Å²) in [5.41, 5.74) is 0.989. The smallest absolute Gasteiger partial charge is 0.191 e. The van der Waals surface area contributed by atoms with Crippen LogP contribution in [-0.2, 0) is 6.54 Å².